The molecule has 1 aromatic carbocycles. The van der Waals surface area contributed by atoms with Crippen molar-refractivity contribution < 1.29 is 27.9 Å². The predicted octanol–water partition coefficient (Wildman–Crippen LogP) is 3.23. The number of aliphatic carboxylic acids is 1. The Kier molecular flexibility index (Phi) is 7.88. The first-order valence-electron chi connectivity index (χ1n) is 7.74. The minimum atomic E-state index is -4.37. The quantitative estimate of drug-likeness (QED) is 0.628. The molecule has 0 aliphatic carbocycles. The van der Waals surface area contributed by atoms with Gasteiger partial charge in [0.2, 0.25) is 0 Å². The third-order valence-electron chi connectivity index (χ3n) is 3.35. The lowest BCUT2D eigenvalue weighted by molar-refractivity contribution is -0.141. The summed E-state index contributed by atoms with van der Waals surface area (Å²) in [6, 6.07) is 4.31. The molecule has 25 heavy (non-hydrogen) atoms. The molecule has 1 N–H and O–H groups in total. The van der Waals surface area contributed by atoms with Gasteiger partial charge >= 0.3 is 12.1 Å². The van der Waals surface area contributed by atoms with E-state index in [1.54, 1.807) is 26.0 Å². The van der Waals surface area contributed by atoms with Gasteiger partial charge in [-0.3, -0.25) is 0 Å². The largest absolute Gasteiger partial charge is 0.480 e. The lowest BCUT2D eigenvalue weighted by Gasteiger charge is -2.28. The Labute approximate surface area is 156 Å². The molecule has 0 heterocycles. The van der Waals surface area contributed by atoms with Gasteiger partial charge in [-0.1, -0.05) is 41.9 Å². The molecule has 0 fully saturated rings. The zero-order chi connectivity index (χ0) is 19.2. The molecule has 0 aromatic heterocycles. The molecule has 0 aliphatic rings. The van der Waals surface area contributed by atoms with Crippen LogP contribution in [0.1, 0.15) is 32.8 Å². The second kappa shape index (κ2) is 9.19. The van der Waals surface area contributed by atoms with Crippen LogP contribution in [0.15, 0.2) is 29.2 Å². The van der Waals surface area contributed by atoms with Gasteiger partial charge in [-0.15, -0.1) is 0 Å². The first-order chi connectivity index (χ1) is 11.6. The molecule has 0 spiro atoms. The Bertz CT molecular complexity index is 702. The molecule has 1 atom stereocenters. The van der Waals surface area contributed by atoms with Crippen molar-refractivity contribution in [3.63, 3.8) is 0 Å². The Morgan fingerprint density at radius 1 is 1.24 bits per heavy atom. The van der Waals surface area contributed by atoms with Crippen molar-refractivity contribution in [2.24, 2.45) is 5.92 Å². The molecular formula is C16H22BrNO6S. The van der Waals surface area contributed by atoms with Crippen molar-refractivity contribution in [3.8, 4) is 0 Å². The molecule has 9 heteroatoms. The van der Waals surface area contributed by atoms with Crippen molar-refractivity contribution in [1.82, 2.24) is 4.31 Å². The summed E-state index contributed by atoms with van der Waals surface area (Å²) in [5.74, 6) is -1.54. The third kappa shape index (κ3) is 5.43. The fraction of sp³-hybridized carbons (Fsp3) is 0.500. The zero-order valence-corrected chi connectivity index (χ0v) is 16.7. The Hall–Kier alpha value is -1.61. The molecular weight excluding hydrogens is 414 g/mol. The molecule has 0 unspecified atom stereocenters. The second-order valence-electron chi connectivity index (χ2n) is 5.76. The van der Waals surface area contributed by atoms with Crippen molar-refractivity contribution in [1.29, 1.82) is 0 Å². The molecule has 1 aromatic rings. The maximum Gasteiger partial charge on any atom is 0.424 e. The standard InChI is InChI=1S/C16H22BrNO6S/c1-4-24-16(21)18(14(15(19)20)9-11(2)3)25(22,23)13-7-5-12(10-17)6-8-13/h5-8,11,14H,4,9-10H2,1-3H3,(H,19,20)/t14-/m0/s1. The highest BCUT2D eigenvalue weighted by atomic mass is 79.9. The van der Waals surface area contributed by atoms with Crippen LogP contribution in [0.2, 0.25) is 0 Å². The van der Waals surface area contributed by atoms with Crippen molar-refractivity contribution in [2.75, 3.05) is 6.61 Å². The van der Waals surface area contributed by atoms with Crippen molar-refractivity contribution >= 4 is 38.0 Å². The number of sulfonamides is 1. The van der Waals surface area contributed by atoms with E-state index < -0.39 is 28.1 Å². The monoisotopic (exact) mass is 435 g/mol. The van der Waals surface area contributed by atoms with Gasteiger partial charge in [-0.25, -0.2) is 18.0 Å². The summed E-state index contributed by atoms with van der Waals surface area (Å²) >= 11 is 3.26. The molecule has 1 amide bonds. The zero-order valence-electron chi connectivity index (χ0n) is 14.3. The number of amides is 1. The summed E-state index contributed by atoms with van der Waals surface area (Å²) in [5.41, 5.74) is 0.846. The van der Waals surface area contributed by atoms with Crippen molar-refractivity contribution in [3.05, 3.63) is 29.8 Å². The Morgan fingerprint density at radius 2 is 1.80 bits per heavy atom. The van der Waals surface area contributed by atoms with E-state index in [9.17, 15) is 23.1 Å². The van der Waals surface area contributed by atoms with E-state index in [0.717, 1.165) is 5.56 Å². The number of carbonyl (C=O) groups is 2. The highest BCUT2D eigenvalue weighted by Crippen LogP contribution is 2.24. The number of rotatable bonds is 8. The average Bonchev–Trinajstić information content (AvgIpc) is 2.53. The van der Waals surface area contributed by atoms with Crippen LogP contribution in [-0.2, 0) is 24.9 Å². The second-order valence-corrected chi connectivity index (χ2v) is 8.14. The number of hydrogen-bond acceptors (Lipinski definition) is 5. The maximum atomic E-state index is 12.9. The van der Waals surface area contributed by atoms with Crippen molar-refractivity contribution in [2.45, 2.75) is 43.5 Å². The molecule has 0 aliphatic heterocycles. The molecule has 140 valence electrons. The van der Waals surface area contributed by atoms with Crippen LogP contribution >= 0.6 is 15.9 Å². The molecule has 0 saturated heterocycles. The van der Waals surface area contributed by atoms with E-state index in [4.69, 9.17) is 4.74 Å². The fourth-order valence-corrected chi connectivity index (χ4v) is 4.03. The van der Waals surface area contributed by atoms with E-state index in [2.05, 4.69) is 15.9 Å². The van der Waals surface area contributed by atoms with E-state index >= 15 is 0 Å². The lowest BCUT2D eigenvalue weighted by atomic mass is 10.0. The predicted molar refractivity (Wildman–Crippen MR) is 96.0 cm³/mol. The van der Waals surface area contributed by atoms with Gasteiger partial charge in [0, 0.05) is 5.33 Å². The molecule has 0 bridgehead atoms. The number of carboxylic acid groups (broad SMARTS) is 1. The van der Waals surface area contributed by atoms with Gasteiger partial charge < -0.3 is 9.84 Å². The van der Waals surface area contributed by atoms with Gasteiger partial charge in [0.25, 0.3) is 10.0 Å². The fourth-order valence-electron chi connectivity index (χ4n) is 2.19. The van der Waals surface area contributed by atoms with Gasteiger partial charge in [0.15, 0.2) is 0 Å². The summed E-state index contributed by atoms with van der Waals surface area (Å²) in [6.45, 7) is 4.94. The summed E-state index contributed by atoms with van der Waals surface area (Å²) in [4.78, 5) is 23.7. The van der Waals surface area contributed by atoms with E-state index in [0.29, 0.717) is 9.64 Å². The minimum absolute atomic E-state index is 0.0210. The van der Waals surface area contributed by atoms with Gasteiger partial charge in [0.1, 0.15) is 6.04 Å². The normalized spacial score (nSPS) is 12.7. The minimum Gasteiger partial charge on any atom is -0.480 e. The van der Waals surface area contributed by atoms with Crippen LogP contribution in [0, 0.1) is 5.92 Å². The topological polar surface area (TPSA) is 101 Å². The maximum absolute atomic E-state index is 12.9. The average molecular weight is 436 g/mol. The number of nitrogens with zero attached hydrogens (tertiary/aromatic N) is 1. The number of halogens is 1. The number of carbonyl (C=O) groups excluding carboxylic acids is 1. The van der Waals surface area contributed by atoms with Gasteiger partial charge in [-0.2, -0.15) is 4.31 Å². The number of ether oxygens (including phenoxy) is 1. The lowest BCUT2D eigenvalue weighted by Crippen LogP contribution is -2.49. The van der Waals surface area contributed by atoms with E-state index in [1.165, 1.54) is 19.1 Å². The number of hydrogen-bond donors (Lipinski definition) is 1. The highest BCUT2D eigenvalue weighted by Gasteiger charge is 2.41. The highest BCUT2D eigenvalue weighted by molar-refractivity contribution is 9.08. The van der Waals surface area contributed by atoms with E-state index in [1.807, 2.05) is 0 Å². The van der Waals surface area contributed by atoms with Gasteiger partial charge in [0.05, 0.1) is 11.5 Å². The van der Waals surface area contributed by atoms with E-state index in [-0.39, 0.29) is 23.8 Å². The molecule has 0 radical (unpaired) electrons. The summed E-state index contributed by atoms with van der Waals surface area (Å²) in [5, 5.41) is 10.0. The Balaban J connectivity index is 3.41. The smallest absolute Gasteiger partial charge is 0.424 e. The van der Waals surface area contributed by atoms with Crippen LogP contribution in [0.25, 0.3) is 0 Å². The molecule has 1 rings (SSSR count). The Morgan fingerprint density at radius 3 is 2.20 bits per heavy atom. The first kappa shape index (κ1) is 21.4. The SMILES string of the molecule is CCOC(=O)N([C@@H](CC(C)C)C(=O)O)S(=O)(=O)c1ccc(CBr)cc1. The third-order valence-corrected chi connectivity index (χ3v) is 5.78. The van der Waals surface area contributed by atoms with Crippen LogP contribution in [0.4, 0.5) is 4.79 Å². The summed E-state index contributed by atoms with van der Waals surface area (Å²) in [7, 11) is -4.37. The number of carboxylic acids is 1. The molecule has 7 nitrogen and oxygen atoms in total. The number of benzene rings is 1. The molecule has 0 saturated carbocycles. The van der Waals surface area contributed by atoms with Gasteiger partial charge in [-0.05, 0) is 37.0 Å². The number of alkyl halides is 1. The first-order valence-corrected chi connectivity index (χ1v) is 10.3. The van der Waals surface area contributed by atoms with Crippen LogP contribution in [0.3, 0.4) is 0 Å². The van der Waals surface area contributed by atoms with Crippen LogP contribution in [0.5, 0.6) is 0 Å². The van der Waals surface area contributed by atoms with Crippen LogP contribution < -0.4 is 0 Å². The summed E-state index contributed by atoms with van der Waals surface area (Å²) < 4.78 is 31.0. The van der Waals surface area contributed by atoms with Crippen LogP contribution in [-0.4, -0.2) is 42.5 Å². The summed E-state index contributed by atoms with van der Waals surface area (Å²) in [6.07, 6.45) is -1.22.